The van der Waals surface area contributed by atoms with Gasteiger partial charge in [0, 0.05) is 5.56 Å². The third kappa shape index (κ3) is 2.01. The van der Waals surface area contributed by atoms with Crippen LogP contribution in [-0.2, 0) is 0 Å². The fourth-order valence-electron chi connectivity index (χ4n) is 2.23. The van der Waals surface area contributed by atoms with Gasteiger partial charge in [0.05, 0.1) is 20.9 Å². The lowest BCUT2D eigenvalue weighted by Gasteiger charge is -2.00. The molecule has 2 aromatic heterocycles. The largest absolute Gasteiger partial charge is 0.283 e. The molecule has 4 aromatic rings. The van der Waals surface area contributed by atoms with E-state index >= 15 is 0 Å². The summed E-state index contributed by atoms with van der Waals surface area (Å²) >= 11 is 13.6. The average Bonchev–Trinajstić information content (AvgIpc) is 2.94. The molecule has 0 bridgehead atoms. The first-order chi connectivity index (χ1) is 10.6. The Morgan fingerprint density at radius 1 is 1.05 bits per heavy atom. The summed E-state index contributed by atoms with van der Waals surface area (Å²) in [5.74, 6) is 0. The van der Waals surface area contributed by atoms with Crippen LogP contribution in [-0.4, -0.2) is 14.6 Å². The maximum absolute atomic E-state index is 12.5. The van der Waals surface area contributed by atoms with Crippen LogP contribution in [0.4, 0.5) is 0 Å². The minimum absolute atomic E-state index is 0.193. The van der Waals surface area contributed by atoms with E-state index in [0.717, 1.165) is 0 Å². The molecule has 2 heterocycles. The molecule has 0 N–H and O–H groups in total. The van der Waals surface area contributed by atoms with Gasteiger partial charge in [-0.25, -0.2) is 4.98 Å². The third-order valence-electron chi connectivity index (χ3n) is 3.28. The van der Waals surface area contributed by atoms with Crippen molar-refractivity contribution in [3.05, 3.63) is 62.9 Å². The molecule has 0 saturated carbocycles. The van der Waals surface area contributed by atoms with Gasteiger partial charge in [-0.3, -0.25) is 4.79 Å². The lowest BCUT2D eigenvalue weighted by molar-refractivity contribution is 0.920. The summed E-state index contributed by atoms with van der Waals surface area (Å²) in [7, 11) is 0. The van der Waals surface area contributed by atoms with E-state index in [0.29, 0.717) is 36.5 Å². The Kier molecular flexibility index (Phi) is 3.14. The maximum atomic E-state index is 12.5. The zero-order valence-corrected chi connectivity index (χ0v) is 13.3. The van der Waals surface area contributed by atoms with Crippen LogP contribution >= 0.6 is 34.5 Å². The minimum atomic E-state index is -0.193. The van der Waals surface area contributed by atoms with Crippen molar-refractivity contribution in [2.75, 3.05) is 0 Å². The van der Waals surface area contributed by atoms with E-state index in [9.17, 15) is 4.79 Å². The van der Waals surface area contributed by atoms with Gasteiger partial charge in [0.1, 0.15) is 5.01 Å². The van der Waals surface area contributed by atoms with Gasteiger partial charge in [-0.2, -0.15) is 9.61 Å². The molecule has 22 heavy (non-hydrogen) atoms. The Morgan fingerprint density at radius 2 is 1.86 bits per heavy atom. The summed E-state index contributed by atoms with van der Waals surface area (Å²) in [6.45, 7) is 0. The quantitative estimate of drug-likeness (QED) is 0.516. The minimum Gasteiger partial charge on any atom is -0.267 e. The van der Waals surface area contributed by atoms with Gasteiger partial charge in [0.15, 0.2) is 0 Å². The SMILES string of the molecule is O=c1c2ccccc2nc2sc(-c3cccc(Cl)c3Cl)nn12. The van der Waals surface area contributed by atoms with E-state index in [4.69, 9.17) is 23.2 Å². The van der Waals surface area contributed by atoms with E-state index < -0.39 is 0 Å². The van der Waals surface area contributed by atoms with Gasteiger partial charge in [-0.15, -0.1) is 0 Å². The van der Waals surface area contributed by atoms with Crippen molar-refractivity contribution in [1.29, 1.82) is 0 Å². The Labute approximate surface area is 138 Å². The Hall–Kier alpha value is -1.95. The Morgan fingerprint density at radius 3 is 2.73 bits per heavy atom. The second kappa shape index (κ2) is 5.05. The molecule has 4 rings (SSSR count). The molecule has 0 unspecified atom stereocenters. The van der Waals surface area contributed by atoms with Gasteiger partial charge >= 0.3 is 0 Å². The highest BCUT2D eigenvalue weighted by molar-refractivity contribution is 7.19. The Bertz CT molecular complexity index is 1090. The molecule has 0 fully saturated rings. The van der Waals surface area contributed by atoms with Crippen LogP contribution in [0.3, 0.4) is 0 Å². The number of aromatic nitrogens is 3. The highest BCUT2D eigenvalue weighted by atomic mass is 35.5. The van der Waals surface area contributed by atoms with E-state index in [1.54, 1.807) is 24.3 Å². The predicted molar refractivity (Wildman–Crippen MR) is 90.1 cm³/mol. The zero-order valence-electron chi connectivity index (χ0n) is 11.0. The first-order valence-electron chi connectivity index (χ1n) is 6.38. The normalized spacial score (nSPS) is 11.4. The molecule has 4 nitrogen and oxygen atoms in total. The number of hydrogen-bond acceptors (Lipinski definition) is 4. The number of hydrogen-bond donors (Lipinski definition) is 0. The number of para-hydroxylation sites is 1. The molecule has 0 amide bonds. The standard InChI is InChI=1S/C15H7Cl2N3OS/c16-10-6-3-5-9(12(10)17)13-19-20-14(21)8-4-1-2-7-11(8)18-15(20)22-13/h1-7H. The number of nitrogens with zero attached hydrogens (tertiary/aromatic N) is 3. The van der Waals surface area contributed by atoms with Crippen LogP contribution in [0.1, 0.15) is 0 Å². The second-order valence-electron chi connectivity index (χ2n) is 4.64. The van der Waals surface area contributed by atoms with Gasteiger partial charge in [-0.05, 0) is 18.2 Å². The molecule has 108 valence electrons. The second-order valence-corrected chi connectivity index (χ2v) is 6.38. The molecular formula is C15H7Cl2N3OS. The topological polar surface area (TPSA) is 47.3 Å². The summed E-state index contributed by atoms with van der Waals surface area (Å²) in [5, 5.41) is 6.36. The van der Waals surface area contributed by atoms with Crippen LogP contribution in [0.25, 0.3) is 26.4 Å². The molecule has 0 spiro atoms. The third-order valence-corrected chi connectivity index (χ3v) is 5.05. The van der Waals surface area contributed by atoms with Crippen LogP contribution in [0, 0.1) is 0 Å². The van der Waals surface area contributed by atoms with Gasteiger partial charge in [0.2, 0.25) is 4.96 Å². The fraction of sp³-hybridized carbons (Fsp3) is 0. The molecule has 0 saturated heterocycles. The molecule has 0 aliphatic heterocycles. The molecule has 0 aliphatic rings. The first kappa shape index (κ1) is 13.7. The van der Waals surface area contributed by atoms with E-state index in [1.165, 1.54) is 15.9 Å². The van der Waals surface area contributed by atoms with Crippen molar-refractivity contribution in [2.24, 2.45) is 0 Å². The highest BCUT2D eigenvalue weighted by Crippen LogP contribution is 2.35. The highest BCUT2D eigenvalue weighted by Gasteiger charge is 2.15. The van der Waals surface area contributed by atoms with E-state index in [1.807, 2.05) is 18.2 Å². The molecule has 7 heteroatoms. The number of rotatable bonds is 1. The summed E-state index contributed by atoms with van der Waals surface area (Å²) < 4.78 is 1.31. The van der Waals surface area contributed by atoms with Crippen molar-refractivity contribution in [3.8, 4) is 10.6 Å². The number of fused-ring (bicyclic) bond motifs is 2. The van der Waals surface area contributed by atoms with Crippen LogP contribution in [0.15, 0.2) is 47.3 Å². The summed E-state index contributed by atoms with van der Waals surface area (Å²) in [6.07, 6.45) is 0. The Balaban J connectivity index is 2.06. The zero-order chi connectivity index (χ0) is 15.3. The number of halogens is 2. The molecular weight excluding hydrogens is 341 g/mol. The molecule has 0 atom stereocenters. The van der Waals surface area contributed by atoms with Crippen LogP contribution < -0.4 is 5.56 Å². The predicted octanol–water partition coefficient (Wildman–Crippen LogP) is 4.28. The lowest BCUT2D eigenvalue weighted by Crippen LogP contribution is -2.14. The summed E-state index contributed by atoms with van der Waals surface area (Å²) in [5.41, 5.74) is 1.15. The average molecular weight is 348 g/mol. The fourth-order valence-corrected chi connectivity index (χ4v) is 3.61. The van der Waals surface area contributed by atoms with Crippen molar-refractivity contribution in [3.63, 3.8) is 0 Å². The summed E-state index contributed by atoms with van der Waals surface area (Å²) in [4.78, 5) is 17.5. The molecule has 0 radical (unpaired) electrons. The smallest absolute Gasteiger partial charge is 0.267 e. The van der Waals surface area contributed by atoms with Crippen molar-refractivity contribution < 1.29 is 0 Å². The lowest BCUT2D eigenvalue weighted by atomic mass is 10.2. The van der Waals surface area contributed by atoms with E-state index in [-0.39, 0.29) is 5.56 Å². The van der Waals surface area contributed by atoms with Gasteiger partial charge in [0.25, 0.3) is 5.56 Å². The molecule has 0 aliphatic carbocycles. The molecule has 2 aromatic carbocycles. The van der Waals surface area contributed by atoms with Crippen LogP contribution in [0.5, 0.6) is 0 Å². The van der Waals surface area contributed by atoms with Crippen LogP contribution in [0.2, 0.25) is 10.0 Å². The van der Waals surface area contributed by atoms with Crippen molar-refractivity contribution >= 4 is 50.4 Å². The van der Waals surface area contributed by atoms with Crippen molar-refractivity contribution in [1.82, 2.24) is 14.6 Å². The first-order valence-corrected chi connectivity index (χ1v) is 7.95. The van der Waals surface area contributed by atoms with Gasteiger partial charge in [-0.1, -0.05) is 58.8 Å². The number of benzene rings is 2. The maximum Gasteiger partial charge on any atom is 0.283 e. The van der Waals surface area contributed by atoms with Gasteiger partial charge < -0.3 is 0 Å². The van der Waals surface area contributed by atoms with E-state index in [2.05, 4.69) is 10.1 Å². The van der Waals surface area contributed by atoms with Crippen molar-refractivity contribution in [2.45, 2.75) is 0 Å². The summed E-state index contributed by atoms with van der Waals surface area (Å²) in [6, 6.07) is 12.5. The monoisotopic (exact) mass is 347 g/mol.